The topological polar surface area (TPSA) is 61.3 Å². The van der Waals surface area contributed by atoms with E-state index in [1.807, 2.05) is 72.8 Å². The summed E-state index contributed by atoms with van der Waals surface area (Å²) >= 11 is 0. The van der Waals surface area contributed by atoms with Gasteiger partial charge >= 0.3 is 5.97 Å². The number of carbonyl (C=O) groups is 1. The molecule has 0 aliphatic rings. The Labute approximate surface area is 162 Å². The fourth-order valence-corrected chi connectivity index (χ4v) is 2.97. The number of benzene rings is 2. The second-order valence-electron chi connectivity index (χ2n) is 6.21. The number of carbonyl (C=O) groups excluding carboxylic acids is 1. The molecule has 138 valence electrons. The van der Waals surface area contributed by atoms with Crippen molar-refractivity contribution >= 4 is 16.9 Å². The van der Waals surface area contributed by atoms with Crippen LogP contribution in [0.2, 0.25) is 0 Å². The van der Waals surface area contributed by atoms with Crippen molar-refractivity contribution in [3.8, 4) is 5.75 Å². The Kier molecular flexibility index (Phi) is 4.97. The van der Waals surface area contributed by atoms with Gasteiger partial charge in [-0.05, 0) is 42.0 Å². The third kappa shape index (κ3) is 3.69. The molecule has 28 heavy (non-hydrogen) atoms. The summed E-state index contributed by atoms with van der Waals surface area (Å²) < 4.78 is 11.0. The van der Waals surface area contributed by atoms with Gasteiger partial charge in [-0.15, -0.1) is 0 Å². The Morgan fingerprint density at radius 2 is 1.75 bits per heavy atom. The quantitative estimate of drug-likeness (QED) is 0.481. The Morgan fingerprint density at radius 1 is 0.929 bits per heavy atom. The van der Waals surface area contributed by atoms with Crippen molar-refractivity contribution in [2.24, 2.45) is 0 Å². The Bertz CT molecular complexity index is 1060. The Hall–Kier alpha value is -3.73. The van der Waals surface area contributed by atoms with Gasteiger partial charge in [0.05, 0.1) is 18.3 Å². The van der Waals surface area contributed by atoms with Gasteiger partial charge in [0.2, 0.25) is 0 Å². The zero-order valence-electron chi connectivity index (χ0n) is 15.3. The number of rotatable bonds is 5. The fourth-order valence-electron chi connectivity index (χ4n) is 2.97. The van der Waals surface area contributed by atoms with Crippen molar-refractivity contribution in [1.82, 2.24) is 9.97 Å². The molecular formula is C23H18N2O3. The van der Waals surface area contributed by atoms with Crippen LogP contribution in [0, 0.1) is 0 Å². The first-order valence-electron chi connectivity index (χ1n) is 8.86. The molecule has 1 unspecified atom stereocenters. The molecule has 0 fully saturated rings. The van der Waals surface area contributed by atoms with Crippen molar-refractivity contribution in [1.29, 1.82) is 0 Å². The number of pyridine rings is 2. The summed E-state index contributed by atoms with van der Waals surface area (Å²) in [6.45, 7) is 0. The van der Waals surface area contributed by atoms with E-state index >= 15 is 0 Å². The molecule has 2 aromatic heterocycles. The van der Waals surface area contributed by atoms with Crippen LogP contribution in [-0.4, -0.2) is 23.0 Å². The highest BCUT2D eigenvalue weighted by molar-refractivity contribution is 5.91. The Morgan fingerprint density at radius 3 is 2.50 bits per heavy atom. The zero-order chi connectivity index (χ0) is 19.3. The summed E-state index contributed by atoms with van der Waals surface area (Å²) in [7, 11) is 1.61. The summed E-state index contributed by atoms with van der Waals surface area (Å²) in [6.07, 6.45) is 1.07. The number of aromatic nitrogens is 2. The molecule has 0 saturated carbocycles. The maximum absolute atomic E-state index is 12.8. The van der Waals surface area contributed by atoms with E-state index in [1.165, 1.54) is 0 Å². The average molecular weight is 370 g/mol. The molecule has 2 heterocycles. The predicted octanol–water partition coefficient (Wildman–Crippen LogP) is 4.58. The molecule has 0 spiro atoms. The molecule has 0 saturated heterocycles. The molecule has 0 aliphatic heterocycles. The second-order valence-corrected chi connectivity index (χ2v) is 6.21. The van der Waals surface area contributed by atoms with Gasteiger partial charge < -0.3 is 9.47 Å². The molecule has 4 rings (SSSR count). The lowest BCUT2D eigenvalue weighted by atomic mass is 10.1. The summed E-state index contributed by atoms with van der Waals surface area (Å²) in [6, 6.07) is 24.1. The first-order valence-corrected chi connectivity index (χ1v) is 8.86. The second kappa shape index (κ2) is 7.88. The molecule has 5 nitrogen and oxygen atoms in total. The van der Waals surface area contributed by atoms with Gasteiger partial charge in [-0.25, -0.2) is 9.78 Å². The largest absolute Gasteiger partial charge is 0.497 e. The van der Waals surface area contributed by atoms with E-state index in [-0.39, 0.29) is 5.69 Å². The zero-order valence-corrected chi connectivity index (χ0v) is 15.3. The van der Waals surface area contributed by atoms with Crippen LogP contribution in [0.15, 0.2) is 85.1 Å². The van der Waals surface area contributed by atoms with Crippen LogP contribution in [0.25, 0.3) is 10.9 Å². The molecular weight excluding hydrogens is 352 g/mol. The maximum atomic E-state index is 12.8. The van der Waals surface area contributed by atoms with Gasteiger partial charge in [-0.2, -0.15) is 0 Å². The van der Waals surface area contributed by atoms with Gasteiger partial charge in [-0.1, -0.05) is 42.5 Å². The fraction of sp³-hybridized carbons (Fsp3) is 0.0870. The lowest BCUT2D eigenvalue weighted by molar-refractivity contribution is 0.0364. The molecule has 0 bridgehead atoms. The highest BCUT2D eigenvalue weighted by atomic mass is 16.5. The molecule has 1 atom stereocenters. The van der Waals surface area contributed by atoms with Crippen molar-refractivity contribution < 1.29 is 14.3 Å². The third-order valence-corrected chi connectivity index (χ3v) is 4.39. The number of esters is 1. The lowest BCUT2D eigenvalue weighted by Crippen LogP contribution is -2.15. The number of hydrogen-bond donors (Lipinski definition) is 0. The average Bonchev–Trinajstić information content (AvgIpc) is 2.77. The first-order chi connectivity index (χ1) is 13.7. The van der Waals surface area contributed by atoms with Crippen molar-refractivity contribution in [2.75, 3.05) is 7.11 Å². The van der Waals surface area contributed by atoms with Crippen LogP contribution in [0.3, 0.4) is 0 Å². The lowest BCUT2D eigenvalue weighted by Gasteiger charge is -2.17. The van der Waals surface area contributed by atoms with Crippen LogP contribution in [0.1, 0.15) is 27.8 Å². The number of ether oxygens (including phenoxy) is 2. The number of nitrogens with zero attached hydrogens (tertiary/aromatic N) is 2. The first kappa shape index (κ1) is 17.7. The molecule has 0 radical (unpaired) electrons. The summed E-state index contributed by atoms with van der Waals surface area (Å²) in [5, 5.41) is 0.889. The standard InChI is InChI=1S/C23H18N2O3/c1-27-18-11-13-19-17(15-18)10-12-21(25-19)23(26)28-22(16-7-3-2-4-8-16)20-9-5-6-14-24-20/h2-15,22H,1H3. The molecule has 0 N–H and O–H groups in total. The Balaban J connectivity index is 1.65. The van der Waals surface area contributed by atoms with Gasteiger partial charge in [0.25, 0.3) is 0 Å². The van der Waals surface area contributed by atoms with Crippen LogP contribution in [0.4, 0.5) is 0 Å². The molecule has 5 heteroatoms. The predicted molar refractivity (Wildman–Crippen MR) is 106 cm³/mol. The summed E-state index contributed by atoms with van der Waals surface area (Å²) in [5.41, 5.74) is 2.45. The minimum Gasteiger partial charge on any atom is -0.497 e. The maximum Gasteiger partial charge on any atom is 0.357 e. The highest BCUT2D eigenvalue weighted by Gasteiger charge is 2.22. The van der Waals surface area contributed by atoms with E-state index in [4.69, 9.17) is 9.47 Å². The van der Waals surface area contributed by atoms with Gasteiger partial charge in [0.15, 0.2) is 6.10 Å². The van der Waals surface area contributed by atoms with Crippen molar-refractivity contribution in [3.05, 3.63) is 102 Å². The van der Waals surface area contributed by atoms with Gasteiger partial charge in [0, 0.05) is 11.6 Å². The van der Waals surface area contributed by atoms with Gasteiger partial charge in [-0.3, -0.25) is 4.98 Å². The van der Waals surface area contributed by atoms with E-state index in [9.17, 15) is 4.79 Å². The smallest absolute Gasteiger partial charge is 0.357 e. The SMILES string of the molecule is COc1ccc2nc(C(=O)OC(c3ccccc3)c3ccccn3)ccc2c1. The monoisotopic (exact) mass is 370 g/mol. The summed E-state index contributed by atoms with van der Waals surface area (Å²) in [5.74, 6) is 0.237. The molecule has 2 aromatic carbocycles. The van der Waals surface area contributed by atoms with Crippen LogP contribution in [-0.2, 0) is 4.74 Å². The molecule has 0 aliphatic carbocycles. The van der Waals surface area contributed by atoms with E-state index in [0.717, 1.165) is 16.7 Å². The molecule has 4 aromatic rings. The van der Waals surface area contributed by atoms with E-state index in [1.54, 1.807) is 19.4 Å². The van der Waals surface area contributed by atoms with Crippen molar-refractivity contribution in [2.45, 2.75) is 6.10 Å². The highest BCUT2D eigenvalue weighted by Crippen LogP contribution is 2.26. The van der Waals surface area contributed by atoms with Crippen LogP contribution < -0.4 is 4.74 Å². The minimum absolute atomic E-state index is 0.245. The third-order valence-electron chi connectivity index (χ3n) is 4.39. The minimum atomic E-state index is -0.608. The van der Waals surface area contributed by atoms with Crippen molar-refractivity contribution in [3.63, 3.8) is 0 Å². The normalized spacial score (nSPS) is 11.8. The van der Waals surface area contributed by atoms with E-state index in [0.29, 0.717) is 11.2 Å². The van der Waals surface area contributed by atoms with Crippen LogP contribution >= 0.6 is 0 Å². The van der Waals surface area contributed by atoms with Crippen LogP contribution in [0.5, 0.6) is 5.75 Å². The number of hydrogen-bond acceptors (Lipinski definition) is 5. The van der Waals surface area contributed by atoms with E-state index < -0.39 is 12.1 Å². The number of fused-ring (bicyclic) bond motifs is 1. The molecule has 0 amide bonds. The van der Waals surface area contributed by atoms with E-state index in [2.05, 4.69) is 9.97 Å². The van der Waals surface area contributed by atoms with Gasteiger partial charge in [0.1, 0.15) is 11.4 Å². The summed E-state index contributed by atoms with van der Waals surface area (Å²) in [4.78, 5) is 21.6. The number of methoxy groups -OCH3 is 1.